The quantitative estimate of drug-likeness (QED) is 0.782. The molecule has 1 saturated heterocycles. The van der Waals surface area contributed by atoms with Crippen LogP contribution in [0.2, 0.25) is 0 Å². The van der Waals surface area contributed by atoms with Crippen molar-refractivity contribution in [3.8, 4) is 0 Å². The molecule has 4 nitrogen and oxygen atoms in total. The fourth-order valence-electron chi connectivity index (χ4n) is 3.39. The Morgan fingerprint density at radius 3 is 2.38 bits per heavy atom. The van der Waals surface area contributed by atoms with E-state index >= 15 is 0 Å². The molecule has 1 aliphatic carbocycles. The Labute approximate surface area is 133 Å². The van der Waals surface area contributed by atoms with Crippen LogP contribution in [0, 0.1) is 5.41 Å². The van der Waals surface area contributed by atoms with E-state index in [-0.39, 0.29) is 17.4 Å². The zero-order chi connectivity index (χ0) is 15.5. The monoisotopic (exact) mass is 311 g/mol. The number of hydrogen-bond donors (Lipinski definition) is 2. The van der Waals surface area contributed by atoms with Crippen LogP contribution in [0.3, 0.4) is 0 Å². The Kier molecular flexibility index (Phi) is 5.60. The molecule has 2 aliphatic rings. The van der Waals surface area contributed by atoms with Crippen molar-refractivity contribution in [2.75, 3.05) is 13.1 Å². The van der Waals surface area contributed by atoms with Crippen molar-refractivity contribution >= 4 is 23.1 Å². The first-order valence-electron chi connectivity index (χ1n) is 8.27. The predicted octanol–water partition coefficient (Wildman–Crippen LogP) is 2.21. The Bertz CT molecular complexity index is 385. The molecule has 2 fully saturated rings. The summed E-state index contributed by atoms with van der Waals surface area (Å²) in [6.07, 6.45) is 7.97. The maximum absolute atomic E-state index is 12.4. The molecule has 1 aliphatic heterocycles. The average molecular weight is 311 g/mol. The molecule has 0 aromatic carbocycles. The molecule has 1 atom stereocenters. The number of amides is 1. The number of likely N-dealkylation sites (tertiary alicyclic amines) is 1. The summed E-state index contributed by atoms with van der Waals surface area (Å²) in [5, 5.41) is 3.23. The third-order valence-electron chi connectivity index (χ3n) is 5.38. The van der Waals surface area contributed by atoms with Gasteiger partial charge in [-0.2, -0.15) is 0 Å². The summed E-state index contributed by atoms with van der Waals surface area (Å²) in [7, 11) is 0. The van der Waals surface area contributed by atoms with E-state index in [1.54, 1.807) is 0 Å². The molecule has 21 heavy (non-hydrogen) atoms. The van der Waals surface area contributed by atoms with E-state index in [2.05, 4.69) is 17.1 Å². The van der Waals surface area contributed by atoms with Gasteiger partial charge in [-0.3, -0.25) is 9.69 Å². The summed E-state index contributed by atoms with van der Waals surface area (Å²) in [4.78, 5) is 15.3. The molecule has 120 valence electrons. The zero-order valence-electron chi connectivity index (χ0n) is 13.4. The Hall–Kier alpha value is -0.680. The predicted molar refractivity (Wildman–Crippen MR) is 90.2 cm³/mol. The number of carbonyl (C=O) groups is 1. The lowest BCUT2D eigenvalue weighted by Gasteiger charge is -2.41. The molecule has 1 unspecified atom stereocenters. The van der Waals surface area contributed by atoms with E-state index in [1.165, 1.54) is 19.3 Å². The van der Waals surface area contributed by atoms with E-state index in [9.17, 15) is 4.79 Å². The lowest BCUT2D eigenvalue weighted by molar-refractivity contribution is -0.127. The standard InChI is InChI=1S/C16H29N3OS/c1-12(14(20)18-13-6-4-3-5-7-13)19-10-8-16(2,9-11-19)15(17)21/h12-13H,3-11H2,1-2H3,(H2,17,21)(H,18,20). The number of piperidine rings is 1. The summed E-state index contributed by atoms with van der Waals surface area (Å²) >= 11 is 5.17. The van der Waals surface area contributed by atoms with Crippen LogP contribution < -0.4 is 11.1 Å². The highest BCUT2D eigenvalue weighted by Crippen LogP contribution is 2.32. The van der Waals surface area contributed by atoms with E-state index in [0.717, 1.165) is 38.8 Å². The molecule has 1 amide bonds. The first-order valence-corrected chi connectivity index (χ1v) is 8.67. The summed E-state index contributed by atoms with van der Waals surface area (Å²) in [6, 6.07) is 0.336. The molecule has 0 spiro atoms. The lowest BCUT2D eigenvalue weighted by Crippen LogP contribution is -2.53. The van der Waals surface area contributed by atoms with Crippen LogP contribution in [0.4, 0.5) is 0 Å². The lowest BCUT2D eigenvalue weighted by atomic mass is 9.80. The van der Waals surface area contributed by atoms with Crippen LogP contribution in [-0.2, 0) is 4.79 Å². The summed E-state index contributed by atoms with van der Waals surface area (Å²) < 4.78 is 0. The molecule has 0 aromatic rings. The zero-order valence-corrected chi connectivity index (χ0v) is 14.2. The average Bonchev–Trinajstić information content (AvgIpc) is 2.48. The van der Waals surface area contributed by atoms with Gasteiger partial charge in [0.05, 0.1) is 11.0 Å². The van der Waals surface area contributed by atoms with E-state index in [0.29, 0.717) is 11.0 Å². The molecule has 1 saturated carbocycles. The van der Waals surface area contributed by atoms with Crippen LogP contribution in [0.15, 0.2) is 0 Å². The van der Waals surface area contributed by atoms with Crippen molar-refractivity contribution < 1.29 is 4.79 Å². The molecular formula is C16H29N3OS. The highest BCUT2D eigenvalue weighted by molar-refractivity contribution is 7.80. The van der Waals surface area contributed by atoms with E-state index in [1.807, 2.05) is 6.92 Å². The van der Waals surface area contributed by atoms with Crippen molar-refractivity contribution in [1.82, 2.24) is 10.2 Å². The van der Waals surface area contributed by atoms with Crippen molar-refractivity contribution in [3.63, 3.8) is 0 Å². The van der Waals surface area contributed by atoms with Crippen molar-refractivity contribution in [1.29, 1.82) is 0 Å². The smallest absolute Gasteiger partial charge is 0.237 e. The summed E-state index contributed by atoms with van der Waals surface area (Å²) in [5.41, 5.74) is 5.80. The third-order valence-corrected chi connectivity index (χ3v) is 5.87. The Balaban J connectivity index is 1.82. The first-order chi connectivity index (χ1) is 9.92. The SMILES string of the molecule is CC(C(=O)NC1CCCCC1)N1CCC(C)(C(N)=S)CC1. The second-order valence-corrected chi connectivity index (χ2v) is 7.42. The normalized spacial score (nSPS) is 25.2. The number of rotatable bonds is 4. The van der Waals surface area contributed by atoms with Crippen LogP contribution in [0.1, 0.15) is 58.8 Å². The van der Waals surface area contributed by atoms with E-state index in [4.69, 9.17) is 18.0 Å². The fourth-order valence-corrected chi connectivity index (χ4v) is 3.59. The maximum atomic E-state index is 12.4. The highest BCUT2D eigenvalue weighted by atomic mass is 32.1. The number of hydrogen-bond acceptors (Lipinski definition) is 3. The van der Waals surface area contributed by atoms with Gasteiger partial charge in [0.2, 0.25) is 5.91 Å². The molecule has 3 N–H and O–H groups in total. The fraction of sp³-hybridized carbons (Fsp3) is 0.875. The highest BCUT2D eigenvalue weighted by Gasteiger charge is 2.35. The number of nitrogens with one attached hydrogen (secondary N) is 1. The topological polar surface area (TPSA) is 58.4 Å². The van der Waals surface area contributed by atoms with Crippen LogP contribution in [0.25, 0.3) is 0 Å². The second kappa shape index (κ2) is 7.05. The van der Waals surface area contributed by atoms with Gasteiger partial charge in [-0.1, -0.05) is 38.4 Å². The van der Waals surface area contributed by atoms with Crippen molar-refractivity contribution in [3.05, 3.63) is 0 Å². The first kappa shape index (κ1) is 16.7. The van der Waals surface area contributed by atoms with Crippen LogP contribution in [0.5, 0.6) is 0 Å². The molecule has 2 rings (SSSR count). The number of nitrogens with zero attached hydrogens (tertiary/aromatic N) is 1. The van der Waals surface area contributed by atoms with E-state index < -0.39 is 0 Å². The van der Waals surface area contributed by atoms with Crippen LogP contribution in [-0.4, -0.2) is 41.0 Å². The van der Waals surface area contributed by atoms with Gasteiger partial charge in [0, 0.05) is 11.5 Å². The van der Waals surface area contributed by atoms with Gasteiger partial charge in [0.1, 0.15) is 0 Å². The molecule has 0 radical (unpaired) electrons. The molecular weight excluding hydrogens is 282 g/mol. The van der Waals surface area contributed by atoms with Crippen LogP contribution >= 0.6 is 12.2 Å². The Morgan fingerprint density at radius 1 is 1.29 bits per heavy atom. The van der Waals surface area contributed by atoms with Gasteiger partial charge >= 0.3 is 0 Å². The minimum Gasteiger partial charge on any atom is -0.393 e. The minimum absolute atomic E-state index is 0.0363. The molecule has 1 heterocycles. The van der Waals surface area contributed by atoms with Crippen molar-refractivity contribution in [2.45, 2.75) is 70.9 Å². The maximum Gasteiger partial charge on any atom is 0.237 e. The van der Waals surface area contributed by atoms with Crippen molar-refractivity contribution in [2.24, 2.45) is 11.1 Å². The largest absolute Gasteiger partial charge is 0.393 e. The molecule has 5 heteroatoms. The minimum atomic E-state index is -0.0529. The molecule has 0 aromatic heterocycles. The third kappa shape index (κ3) is 4.16. The number of carbonyl (C=O) groups excluding carboxylic acids is 1. The van der Waals surface area contributed by atoms with Gasteiger partial charge in [-0.25, -0.2) is 0 Å². The van der Waals surface area contributed by atoms with Gasteiger partial charge in [0.15, 0.2) is 0 Å². The van der Waals surface area contributed by atoms with Gasteiger partial charge < -0.3 is 11.1 Å². The molecule has 0 bridgehead atoms. The summed E-state index contributed by atoms with van der Waals surface area (Å²) in [5.74, 6) is 0.181. The summed E-state index contributed by atoms with van der Waals surface area (Å²) in [6.45, 7) is 5.95. The Morgan fingerprint density at radius 2 is 1.86 bits per heavy atom. The second-order valence-electron chi connectivity index (χ2n) is 6.98. The van der Waals surface area contributed by atoms with Gasteiger partial charge in [-0.15, -0.1) is 0 Å². The number of nitrogens with two attached hydrogens (primary N) is 1. The van der Waals surface area contributed by atoms with Gasteiger partial charge in [0.25, 0.3) is 0 Å². The van der Waals surface area contributed by atoms with Gasteiger partial charge in [-0.05, 0) is 45.7 Å². The number of thiocarbonyl (C=S) groups is 1.